The number of benzene rings is 2. The van der Waals surface area contributed by atoms with Gasteiger partial charge in [0.1, 0.15) is 24.2 Å². The summed E-state index contributed by atoms with van der Waals surface area (Å²) in [6.07, 6.45) is 0.0133. The molecule has 6 N–H and O–H groups in total. The van der Waals surface area contributed by atoms with Crippen molar-refractivity contribution in [2.75, 3.05) is 32.2 Å². The van der Waals surface area contributed by atoms with E-state index in [1.165, 1.54) is 5.01 Å². The molecule has 8 heteroatoms. The average molecular weight is 538 g/mol. The molecule has 37 heavy (non-hydrogen) atoms. The monoisotopic (exact) mass is 537 g/mol. The van der Waals surface area contributed by atoms with E-state index in [0.717, 1.165) is 16.9 Å². The fourth-order valence-electron chi connectivity index (χ4n) is 3.34. The summed E-state index contributed by atoms with van der Waals surface area (Å²) in [5.41, 5.74) is 8.84. The van der Waals surface area contributed by atoms with Crippen molar-refractivity contribution in [3.05, 3.63) is 71.1 Å². The molecule has 210 valence electrons. The maximum absolute atomic E-state index is 9.53. The largest absolute Gasteiger partial charge is 0.494 e. The lowest BCUT2D eigenvalue weighted by molar-refractivity contribution is 0.125. The Morgan fingerprint density at radius 3 is 1.81 bits per heavy atom. The number of aliphatic hydroxyl groups excluding tert-OH is 2. The second-order valence-electron chi connectivity index (χ2n) is 8.48. The lowest BCUT2D eigenvalue weighted by Crippen LogP contribution is -2.35. The first-order valence-corrected chi connectivity index (χ1v) is 13.5. The molecule has 1 unspecified atom stereocenters. The van der Waals surface area contributed by atoms with E-state index in [1.54, 1.807) is 6.92 Å². The van der Waals surface area contributed by atoms with Crippen LogP contribution in [0.15, 0.2) is 59.9 Å². The maximum Gasteiger partial charge on any atom is 0.119 e. The van der Waals surface area contributed by atoms with Crippen LogP contribution >= 0.6 is 11.6 Å². The molecule has 0 aliphatic rings. The van der Waals surface area contributed by atoms with Crippen LogP contribution in [0.2, 0.25) is 0 Å². The zero-order valence-electron chi connectivity index (χ0n) is 23.6. The minimum atomic E-state index is -0.678. The van der Waals surface area contributed by atoms with Gasteiger partial charge in [-0.05, 0) is 42.3 Å². The third-order valence-corrected chi connectivity index (χ3v) is 5.89. The van der Waals surface area contributed by atoms with Gasteiger partial charge in [0.15, 0.2) is 0 Å². The van der Waals surface area contributed by atoms with Crippen LogP contribution in [0.5, 0.6) is 11.5 Å². The summed E-state index contributed by atoms with van der Waals surface area (Å²) in [7, 11) is 0. The summed E-state index contributed by atoms with van der Waals surface area (Å²) in [6.45, 7) is 15.0. The van der Waals surface area contributed by atoms with Gasteiger partial charge in [0.2, 0.25) is 0 Å². The van der Waals surface area contributed by atoms with E-state index < -0.39 is 6.10 Å². The molecule has 0 spiro atoms. The van der Waals surface area contributed by atoms with Gasteiger partial charge in [-0.1, -0.05) is 65.8 Å². The van der Waals surface area contributed by atoms with Crippen molar-refractivity contribution in [3.63, 3.8) is 0 Å². The molecule has 0 bridgehead atoms. The second-order valence-corrected chi connectivity index (χ2v) is 8.78. The number of hydrazine groups is 1. The first-order chi connectivity index (χ1) is 17.7. The fourth-order valence-corrected chi connectivity index (χ4v) is 3.43. The van der Waals surface area contributed by atoms with Gasteiger partial charge in [-0.2, -0.15) is 0 Å². The third kappa shape index (κ3) is 11.6. The molecule has 0 aliphatic carbocycles. The van der Waals surface area contributed by atoms with Gasteiger partial charge in [-0.3, -0.25) is 0 Å². The number of aliphatic hydroxyl groups is 2. The SMILES string of the molecule is C/C(N)=C(\CO)N(N)CCCOc1ccc(C(C)(C)c2ccc(OCC(O)CCl)cc2)cc1.CC.CC. The Kier molecular flexibility index (Phi) is 17.5. The van der Waals surface area contributed by atoms with Crippen molar-refractivity contribution in [2.45, 2.75) is 66.4 Å². The van der Waals surface area contributed by atoms with Crippen LogP contribution in [0.1, 0.15) is 66.0 Å². The first kappa shape index (κ1) is 34.6. The zero-order chi connectivity index (χ0) is 28.4. The van der Waals surface area contributed by atoms with Crippen LogP contribution in [0, 0.1) is 0 Å². The Labute approximate surface area is 229 Å². The molecule has 0 aromatic heterocycles. The highest BCUT2D eigenvalue weighted by molar-refractivity contribution is 6.18. The molecule has 1 atom stereocenters. The smallest absolute Gasteiger partial charge is 0.119 e. The van der Waals surface area contributed by atoms with E-state index in [4.69, 9.17) is 32.7 Å². The number of allylic oxidation sites excluding steroid dienone is 1. The van der Waals surface area contributed by atoms with Crippen molar-refractivity contribution in [1.82, 2.24) is 5.01 Å². The number of alkyl halides is 1. The van der Waals surface area contributed by atoms with Gasteiger partial charge >= 0.3 is 0 Å². The number of halogens is 1. The summed E-state index contributed by atoms with van der Waals surface area (Å²) >= 11 is 5.60. The van der Waals surface area contributed by atoms with E-state index in [2.05, 4.69) is 26.0 Å². The Balaban J connectivity index is 0.00000308. The molecular formula is C29H48ClN3O4. The van der Waals surface area contributed by atoms with Crippen LogP contribution < -0.4 is 21.1 Å². The van der Waals surface area contributed by atoms with Gasteiger partial charge in [0.05, 0.1) is 24.8 Å². The molecule has 0 heterocycles. The van der Waals surface area contributed by atoms with E-state index in [0.29, 0.717) is 36.7 Å². The van der Waals surface area contributed by atoms with Gasteiger partial charge in [0, 0.05) is 24.1 Å². The highest BCUT2D eigenvalue weighted by Crippen LogP contribution is 2.33. The Morgan fingerprint density at radius 2 is 1.41 bits per heavy atom. The normalized spacial score (nSPS) is 12.2. The zero-order valence-corrected chi connectivity index (χ0v) is 24.4. The molecule has 0 amide bonds. The molecule has 7 nitrogen and oxygen atoms in total. The molecule has 0 aliphatic heterocycles. The number of hydrogen-bond acceptors (Lipinski definition) is 7. The number of nitrogens with zero attached hydrogens (tertiary/aromatic N) is 1. The second kappa shape index (κ2) is 18.7. The number of nitrogens with two attached hydrogens (primary N) is 2. The van der Waals surface area contributed by atoms with Crippen LogP contribution in [-0.2, 0) is 5.41 Å². The standard InChI is InChI=1S/C25H36ClN3O4.2C2H6/c1-18(27)24(16-30)29(28)13-4-14-32-22-9-5-19(6-10-22)25(2,3)20-7-11-23(12-8-20)33-17-21(31)15-26;2*1-2/h5-12,21,30-31H,4,13-17,27-28H2,1-3H3;2*1-2H3/b24-18-;;. The molecule has 2 rings (SSSR count). The summed E-state index contributed by atoms with van der Waals surface area (Å²) in [5, 5.41) is 20.3. The highest BCUT2D eigenvalue weighted by Gasteiger charge is 2.23. The molecule has 0 radical (unpaired) electrons. The number of hydrogen-bond donors (Lipinski definition) is 4. The van der Waals surface area contributed by atoms with Gasteiger partial charge in [-0.25, -0.2) is 5.84 Å². The summed E-state index contributed by atoms with van der Waals surface area (Å²) in [5.74, 6) is 7.56. The minimum Gasteiger partial charge on any atom is -0.494 e. The van der Waals surface area contributed by atoms with Gasteiger partial charge in [-0.15, -0.1) is 11.6 Å². The predicted molar refractivity (Wildman–Crippen MR) is 155 cm³/mol. The average Bonchev–Trinajstić information content (AvgIpc) is 2.92. The van der Waals surface area contributed by atoms with Crippen LogP contribution in [0.4, 0.5) is 0 Å². The lowest BCUT2D eigenvalue weighted by atomic mass is 9.78. The number of rotatable bonds is 13. The molecule has 0 saturated carbocycles. The van der Waals surface area contributed by atoms with Crippen molar-refractivity contribution in [3.8, 4) is 11.5 Å². The topological polar surface area (TPSA) is 114 Å². The third-order valence-electron chi connectivity index (χ3n) is 5.54. The minimum absolute atomic E-state index is 0.145. The van der Waals surface area contributed by atoms with Gasteiger partial charge in [0.25, 0.3) is 0 Å². The van der Waals surface area contributed by atoms with Crippen LogP contribution in [0.25, 0.3) is 0 Å². The first-order valence-electron chi connectivity index (χ1n) is 13.0. The molecule has 0 saturated heterocycles. The van der Waals surface area contributed by atoms with Crippen molar-refractivity contribution in [1.29, 1.82) is 0 Å². The summed E-state index contributed by atoms with van der Waals surface area (Å²) in [6, 6.07) is 15.9. The fraction of sp³-hybridized carbons (Fsp3) is 0.517. The molecule has 2 aromatic rings. The maximum atomic E-state index is 9.53. The summed E-state index contributed by atoms with van der Waals surface area (Å²) in [4.78, 5) is 0. The molecule has 0 fully saturated rings. The lowest BCUT2D eigenvalue weighted by Gasteiger charge is -2.26. The quantitative estimate of drug-likeness (QED) is 0.121. The predicted octanol–water partition coefficient (Wildman–Crippen LogP) is 5.17. The van der Waals surface area contributed by atoms with Crippen molar-refractivity contribution in [2.24, 2.45) is 11.6 Å². The van der Waals surface area contributed by atoms with Crippen molar-refractivity contribution >= 4 is 11.6 Å². The summed E-state index contributed by atoms with van der Waals surface area (Å²) < 4.78 is 11.4. The molecule has 2 aromatic carbocycles. The van der Waals surface area contributed by atoms with Crippen LogP contribution in [0.3, 0.4) is 0 Å². The Bertz CT molecular complexity index is 883. The van der Waals surface area contributed by atoms with Gasteiger partial charge < -0.3 is 30.4 Å². The van der Waals surface area contributed by atoms with E-state index in [1.807, 2.05) is 64.1 Å². The van der Waals surface area contributed by atoms with Crippen molar-refractivity contribution < 1.29 is 19.7 Å². The van der Waals surface area contributed by atoms with E-state index >= 15 is 0 Å². The van der Waals surface area contributed by atoms with Crippen LogP contribution in [-0.4, -0.2) is 53.6 Å². The highest BCUT2D eigenvalue weighted by atomic mass is 35.5. The molecular weight excluding hydrogens is 490 g/mol. The number of ether oxygens (including phenoxy) is 2. The Morgan fingerprint density at radius 1 is 0.946 bits per heavy atom. The van der Waals surface area contributed by atoms with E-state index in [-0.39, 0.29) is 24.5 Å². The van der Waals surface area contributed by atoms with E-state index in [9.17, 15) is 10.2 Å². The Hall–Kier alpha value is -2.45.